The van der Waals surface area contributed by atoms with Gasteiger partial charge in [0.25, 0.3) is 0 Å². The third kappa shape index (κ3) is 1.16. The van der Waals surface area contributed by atoms with Crippen molar-refractivity contribution >= 4 is 11.6 Å². The molecule has 0 atom stereocenters. The summed E-state index contributed by atoms with van der Waals surface area (Å²) in [6.07, 6.45) is 3.44. The molecule has 0 saturated carbocycles. The summed E-state index contributed by atoms with van der Waals surface area (Å²) >= 11 is 0. The van der Waals surface area contributed by atoms with Gasteiger partial charge < -0.3 is 10.1 Å². The zero-order chi connectivity index (χ0) is 9.42. The van der Waals surface area contributed by atoms with E-state index in [9.17, 15) is 4.79 Å². The average molecular weight is 175 g/mol. The van der Waals surface area contributed by atoms with Gasteiger partial charge in [-0.3, -0.25) is 4.79 Å². The SMILES string of the molecule is Cc1cnc2ccc(C(N)=O)cn12. The number of nitrogens with zero attached hydrogens (tertiary/aromatic N) is 2. The minimum Gasteiger partial charge on any atom is -0.366 e. The van der Waals surface area contributed by atoms with Crippen LogP contribution in [0.25, 0.3) is 5.65 Å². The monoisotopic (exact) mass is 175 g/mol. The molecule has 0 aliphatic heterocycles. The summed E-state index contributed by atoms with van der Waals surface area (Å²) in [5.74, 6) is -0.421. The second-order valence-corrected chi connectivity index (χ2v) is 2.91. The first-order valence-electron chi connectivity index (χ1n) is 3.92. The third-order valence-electron chi connectivity index (χ3n) is 1.98. The van der Waals surface area contributed by atoms with Crippen molar-refractivity contribution in [1.82, 2.24) is 9.38 Å². The molecule has 2 heterocycles. The molecule has 0 aromatic carbocycles. The van der Waals surface area contributed by atoms with Gasteiger partial charge in [-0.2, -0.15) is 0 Å². The van der Waals surface area contributed by atoms with Crippen LogP contribution in [0.1, 0.15) is 16.1 Å². The number of rotatable bonds is 1. The number of imidazole rings is 1. The van der Waals surface area contributed by atoms with Crippen LogP contribution in [-0.2, 0) is 0 Å². The smallest absolute Gasteiger partial charge is 0.250 e. The summed E-state index contributed by atoms with van der Waals surface area (Å²) in [4.78, 5) is 15.0. The van der Waals surface area contributed by atoms with Crippen molar-refractivity contribution in [2.24, 2.45) is 5.73 Å². The summed E-state index contributed by atoms with van der Waals surface area (Å²) in [6.45, 7) is 1.92. The lowest BCUT2D eigenvalue weighted by Crippen LogP contribution is -2.11. The van der Waals surface area contributed by atoms with E-state index in [1.54, 1.807) is 24.5 Å². The third-order valence-corrected chi connectivity index (χ3v) is 1.98. The zero-order valence-corrected chi connectivity index (χ0v) is 7.19. The van der Waals surface area contributed by atoms with Gasteiger partial charge in [0.1, 0.15) is 5.65 Å². The molecule has 2 aromatic rings. The van der Waals surface area contributed by atoms with E-state index in [4.69, 9.17) is 5.73 Å². The molecule has 2 rings (SSSR count). The van der Waals surface area contributed by atoms with Crippen LogP contribution in [0.2, 0.25) is 0 Å². The van der Waals surface area contributed by atoms with Crippen LogP contribution in [0.4, 0.5) is 0 Å². The van der Waals surface area contributed by atoms with Gasteiger partial charge in [0, 0.05) is 18.1 Å². The molecule has 0 unspecified atom stereocenters. The van der Waals surface area contributed by atoms with E-state index in [2.05, 4.69) is 4.98 Å². The molecule has 0 fully saturated rings. The number of carbonyl (C=O) groups excluding carboxylic acids is 1. The molecule has 2 N–H and O–H groups in total. The van der Waals surface area contributed by atoms with Crippen LogP contribution in [0.3, 0.4) is 0 Å². The van der Waals surface area contributed by atoms with Crippen molar-refractivity contribution in [3.8, 4) is 0 Å². The van der Waals surface area contributed by atoms with Gasteiger partial charge in [0.15, 0.2) is 0 Å². The second kappa shape index (κ2) is 2.58. The predicted molar refractivity (Wildman–Crippen MR) is 48.4 cm³/mol. The molecule has 0 aliphatic rings. The number of carbonyl (C=O) groups is 1. The molecule has 1 amide bonds. The topological polar surface area (TPSA) is 60.4 Å². The van der Waals surface area contributed by atoms with E-state index in [1.165, 1.54) is 0 Å². The Morgan fingerprint density at radius 2 is 2.31 bits per heavy atom. The molecule has 13 heavy (non-hydrogen) atoms. The lowest BCUT2D eigenvalue weighted by molar-refractivity contribution is 0.1000. The summed E-state index contributed by atoms with van der Waals surface area (Å²) in [7, 11) is 0. The highest BCUT2D eigenvalue weighted by Crippen LogP contribution is 2.07. The Morgan fingerprint density at radius 1 is 1.54 bits per heavy atom. The van der Waals surface area contributed by atoms with Crippen molar-refractivity contribution in [3.63, 3.8) is 0 Å². The number of primary amides is 1. The number of hydrogen-bond donors (Lipinski definition) is 1. The Balaban J connectivity index is 2.72. The fraction of sp³-hybridized carbons (Fsp3) is 0.111. The molecule has 4 nitrogen and oxygen atoms in total. The Bertz CT molecular complexity index is 473. The van der Waals surface area contributed by atoms with Gasteiger partial charge in [-0.1, -0.05) is 0 Å². The van der Waals surface area contributed by atoms with Crippen LogP contribution in [0, 0.1) is 6.92 Å². The van der Waals surface area contributed by atoms with Crippen LogP contribution in [-0.4, -0.2) is 15.3 Å². The van der Waals surface area contributed by atoms with Crippen molar-refractivity contribution < 1.29 is 4.79 Å². The molecule has 66 valence electrons. The lowest BCUT2D eigenvalue weighted by atomic mass is 10.3. The van der Waals surface area contributed by atoms with Gasteiger partial charge in [-0.25, -0.2) is 4.98 Å². The molecule has 0 spiro atoms. The second-order valence-electron chi connectivity index (χ2n) is 2.91. The number of aryl methyl sites for hydroxylation is 1. The van der Waals surface area contributed by atoms with E-state index in [1.807, 2.05) is 11.3 Å². The van der Waals surface area contributed by atoms with Crippen LogP contribution >= 0.6 is 0 Å². The van der Waals surface area contributed by atoms with Gasteiger partial charge in [0.05, 0.1) is 5.56 Å². The molecule has 2 aromatic heterocycles. The first kappa shape index (κ1) is 7.79. The minimum absolute atomic E-state index is 0.421. The molecule has 0 saturated heterocycles. The van der Waals surface area contributed by atoms with Crippen molar-refractivity contribution in [2.75, 3.05) is 0 Å². The van der Waals surface area contributed by atoms with Crippen LogP contribution in [0.5, 0.6) is 0 Å². The highest BCUT2D eigenvalue weighted by molar-refractivity contribution is 5.92. The molecule has 0 bridgehead atoms. The minimum atomic E-state index is -0.421. The van der Waals surface area contributed by atoms with Crippen molar-refractivity contribution in [3.05, 3.63) is 35.8 Å². The largest absolute Gasteiger partial charge is 0.366 e. The fourth-order valence-corrected chi connectivity index (χ4v) is 1.25. The van der Waals surface area contributed by atoms with Gasteiger partial charge in [0.2, 0.25) is 5.91 Å². The van der Waals surface area contributed by atoms with E-state index < -0.39 is 5.91 Å². The van der Waals surface area contributed by atoms with Gasteiger partial charge in [-0.05, 0) is 19.1 Å². The molecular formula is C9H9N3O. The summed E-state index contributed by atoms with van der Waals surface area (Å²) in [5, 5.41) is 0. The number of hydrogen-bond acceptors (Lipinski definition) is 2. The molecule has 4 heteroatoms. The van der Waals surface area contributed by atoms with Crippen molar-refractivity contribution in [1.29, 1.82) is 0 Å². The first-order chi connectivity index (χ1) is 6.18. The number of amides is 1. The summed E-state index contributed by atoms with van der Waals surface area (Å²) < 4.78 is 1.83. The fourth-order valence-electron chi connectivity index (χ4n) is 1.25. The normalized spacial score (nSPS) is 10.5. The number of aromatic nitrogens is 2. The summed E-state index contributed by atoms with van der Waals surface area (Å²) in [5.41, 5.74) is 7.45. The number of nitrogens with two attached hydrogens (primary N) is 1. The Labute approximate surface area is 75.0 Å². The van der Waals surface area contributed by atoms with Gasteiger partial charge >= 0.3 is 0 Å². The summed E-state index contributed by atoms with van der Waals surface area (Å²) in [6, 6.07) is 3.44. The van der Waals surface area contributed by atoms with Crippen LogP contribution < -0.4 is 5.73 Å². The van der Waals surface area contributed by atoms with E-state index >= 15 is 0 Å². The van der Waals surface area contributed by atoms with Crippen LogP contribution in [0.15, 0.2) is 24.5 Å². The Hall–Kier alpha value is -1.84. The van der Waals surface area contributed by atoms with E-state index in [0.29, 0.717) is 5.56 Å². The predicted octanol–water partition coefficient (Wildman–Crippen LogP) is 0.742. The lowest BCUT2D eigenvalue weighted by Gasteiger charge is -1.98. The zero-order valence-electron chi connectivity index (χ0n) is 7.19. The highest BCUT2D eigenvalue weighted by Gasteiger charge is 2.03. The molecule has 0 radical (unpaired) electrons. The quantitative estimate of drug-likeness (QED) is 0.694. The van der Waals surface area contributed by atoms with E-state index in [0.717, 1.165) is 11.3 Å². The average Bonchev–Trinajstić information content (AvgIpc) is 2.47. The number of pyridine rings is 1. The maximum atomic E-state index is 10.9. The Kier molecular flexibility index (Phi) is 1.55. The Morgan fingerprint density at radius 3 is 3.00 bits per heavy atom. The maximum absolute atomic E-state index is 10.9. The van der Waals surface area contributed by atoms with Crippen molar-refractivity contribution in [2.45, 2.75) is 6.92 Å². The highest BCUT2D eigenvalue weighted by atomic mass is 16.1. The number of fused-ring (bicyclic) bond motifs is 1. The maximum Gasteiger partial charge on any atom is 0.250 e. The van der Waals surface area contributed by atoms with E-state index in [-0.39, 0.29) is 0 Å². The molecular weight excluding hydrogens is 166 g/mol. The first-order valence-corrected chi connectivity index (χ1v) is 3.92. The van der Waals surface area contributed by atoms with Gasteiger partial charge in [-0.15, -0.1) is 0 Å². The molecule has 0 aliphatic carbocycles. The standard InChI is InChI=1S/C9H9N3O/c1-6-4-11-8-3-2-7(9(10)13)5-12(6)8/h2-5H,1H3,(H2,10,13).